The quantitative estimate of drug-likeness (QED) is 0.302. The molecule has 0 bridgehead atoms. The van der Waals surface area contributed by atoms with E-state index in [1.165, 1.54) is 17.4 Å². The minimum absolute atomic E-state index is 0.0995. The second-order valence-electron chi connectivity index (χ2n) is 5.04. The summed E-state index contributed by atoms with van der Waals surface area (Å²) in [4.78, 5) is 18.5. The Labute approximate surface area is 157 Å². The van der Waals surface area contributed by atoms with Crippen LogP contribution in [0.15, 0.2) is 71.7 Å². The van der Waals surface area contributed by atoms with Gasteiger partial charge in [0.25, 0.3) is 5.69 Å². The van der Waals surface area contributed by atoms with Crippen LogP contribution in [-0.4, -0.2) is 14.9 Å². The molecule has 26 heavy (non-hydrogen) atoms. The molecule has 4 aromatic rings. The predicted octanol–water partition coefficient (Wildman–Crippen LogP) is 5.11. The molecule has 0 atom stereocenters. The Bertz CT molecular complexity index is 986. The second-order valence-corrected chi connectivity index (χ2v) is 6.83. The summed E-state index contributed by atoms with van der Waals surface area (Å²) >= 11 is 2.99. The largest absolute Gasteiger partial charge is 0.398 e. The van der Waals surface area contributed by atoms with Crippen LogP contribution in [0.2, 0.25) is 0 Å². The topological polar surface area (TPSA) is 94.9 Å². The molecule has 8 heteroatoms. The molecule has 0 aliphatic rings. The maximum absolute atomic E-state index is 10.7. The number of benzene rings is 2. The molecule has 0 spiro atoms. The highest BCUT2D eigenvalue weighted by atomic mass is 32.1. The van der Waals surface area contributed by atoms with Crippen molar-refractivity contribution in [1.29, 1.82) is 0 Å². The van der Waals surface area contributed by atoms with Gasteiger partial charge in [0, 0.05) is 40.5 Å². The first kappa shape index (κ1) is 17.7. The molecule has 130 valence electrons. The van der Waals surface area contributed by atoms with Crippen LogP contribution < -0.4 is 5.73 Å². The molecule has 2 aromatic carbocycles. The Balaban J connectivity index is 0.000000152. The van der Waals surface area contributed by atoms with Crippen LogP contribution in [0.25, 0.3) is 21.1 Å². The highest BCUT2D eigenvalue weighted by molar-refractivity contribution is 7.13. The molecule has 0 amide bonds. The molecule has 0 unspecified atom stereocenters. The van der Waals surface area contributed by atoms with Gasteiger partial charge in [0.1, 0.15) is 10.0 Å². The van der Waals surface area contributed by atoms with E-state index >= 15 is 0 Å². The normalized spacial score (nSPS) is 10.0. The summed E-state index contributed by atoms with van der Waals surface area (Å²) in [5, 5.41) is 16.1. The van der Waals surface area contributed by atoms with Crippen LogP contribution in [0.4, 0.5) is 11.4 Å². The number of para-hydroxylation sites is 2. The molecule has 2 N–H and O–H groups in total. The van der Waals surface area contributed by atoms with Gasteiger partial charge >= 0.3 is 0 Å². The van der Waals surface area contributed by atoms with Crippen molar-refractivity contribution in [3.8, 4) is 21.1 Å². The summed E-state index contributed by atoms with van der Waals surface area (Å²) in [6.45, 7) is 0. The van der Waals surface area contributed by atoms with E-state index in [4.69, 9.17) is 5.73 Å². The third-order valence-electron chi connectivity index (χ3n) is 3.39. The van der Waals surface area contributed by atoms with Gasteiger partial charge in [-0.05, 0) is 18.2 Å². The summed E-state index contributed by atoms with van der Waals surface area (Å²) in [6.07, 6.45) is 3.42. The molecule has 0 fully saturated rings. The zero-order valence-electron chi connectivity index (χ0n) is 13.5. The van der Waals surface area contributed by atoms with Crippen LogP contribution in [0.5, 0.6) is 0 Å². The average Bonchev–Trinajstić information content (AvgIpc) is 3.37. The highest BCUT2D eigenvalue weighted by Crippen LogP contribution is 2.30. The summed E-state index contributed by atoms with van der Waals surface area (Å²) in [7, 11) is 0. The lowest BCUT2D eigenvalue weighted by Gasteiger charge is -1.99. The van der Waals surface area contributed by atoms with E-state index < -0.39 is 4.92 Å². The first-order chi connectivity index (χ1) is 12.7. The summed E-state index contributed by atoms with van der Waals surface area (Å²) in [6, 6.07) is 14.4. The maximum atomic E-state index is 10.7. The number of anilines is 1. The molecule has 0 aliphatic carbocycles. The van der Waals surface area contributed by atoms with Crippen molar-refractivity contribution in [3.05, 3.63) is 81.8 Å². The monoisotopic (exact) mass is 382 g/mol. The number of nitro benzene ring substituents is 1. The number of nitrogens with zero attached hydrogens (tertiary/aromatic N) is 3. The van der Waals surface area contributed by atoms with Crippen molar-refractivity contribution in [2.45, 2.75) is 0 Å². The van der Waals surface area contributed by atoms with Crippen LogP contribution in [-0.2, 0) is 0 Å². The SMILES string of the molecule is Nc1ccccc1-c1nccs1.O=[N+]([O-])c1ccccc1-c1nccs1. The van der Waals surface area contributed by atoms with E-state index in [0.29, 0.717) is 10.6 Å². The van der Waals surface area contributed by atoms with Crippen LogP contribution in [0.1, 0.15) is 0 Å². The standard InChI is InChI=1S/C9H6N2O2S.C9H8N2S/c12-11(13)8-4-2-1-3-7(8)9-10-5-6-14-9;10-8-4-2-1-3-7(8)9-11-5-6-12-9/h1-6H;1-6H,10H2. The highest BCUT2D eigenvalue weighted by Gasteiger charge is 2.15. The van der Waals surface area contributed by atoms with Gasteiger partial charge in [-0.15, -0.1) is 22.7 Å². The minimum Gasteiger partial charge on any atom is -0.398 e. The number of nitrogen functional groups attached to an aromatic ring is 1. The van der Waals surface area contributed by atoms with E-state index in [2.05, 4.69) is 9.97 Å². The Morgan fingerprint density at radius 1 is 0.846 bits per heavy atom. The number of thiazole rings is 2. The summed E-state index contributed by atoms with van der Waals surface area (Å²) in [5.41, 5.74) is 8.26. The Morgan fingerprint density at radius 3 is 1.92 bits per heavy atom. The van der Waals surface area contributed by atoms with E-state index in [9.17, 15) is 10.1 Å². The second kappa shape index (κ2) is 8.32. The molecule has 6 nitrogen and oxygen atoms in total. The van der Waals surface area contributed by atoms with Gasteiger partial charge in [0.2, 0.25) is 0 Å². The number of hydrogen-bond acceptors (Lipinski definition) is 7. The fourth-order valence-corrected chi connectivity index (χ4v) is 3.58. The van der Waals surface area contributed by atoms with Gasteiger partial charge in [-0.1, -0.05) is 24.3 Å². The van der Waals surface area contributed by atoms with Crippen molar-refractivity contribution in [1.82, 2.24) is 9.97 Å². The van der Waals surface area contributed by atoms with E-state index in [-0.39, 0.29) is 5.69 Å². The van der Waals surface area contributed by atoms with Gasteiger partial charge in [0.05, 0.1) is 10.5 Å². The molecule has 0 aliphatic heterocycles. The van der Waals surface area contributed by atoms with E-state index in [1.54, 1.807) is 47.3 Å². The number of hydrogen-bond donors (Lipinski definition) is 1. The van der Waals surface area contributed by atoms with Crippen LogP contribution >= 0.6 is 22.7 Å². The minimum atomic E-state index is -0.392. The third-order valence-corrected chi connectivity index (χ3v) is 5.00. The maximum Gasteiger partial charge on any atom is 0.279 e. The van der Waals surface area contributed by atoms with Crippen molar-refractivity contribution < 1.29 is 4.92 Å². The fourth-order valence-electron chi connectivity index (χ4n) is 2.22. The molecule has 0 saturated carbocycles. The number of rotatable bonds is 3. The molecule has 2 heterocycles. The first-order valence-electron chi connectivity index (χ1n) is 7.54. The molecule has 0 saturated heterocycles. The summed E-state index contributed by atoms with van der Waals surface area (Å²) in [5.74, 6) is 0. The van der Waals surface area contributed by atoms with Gasteiger partial charge in [-0.25, -0.2) is 9.97 Å². The lowest BCUT2D eigenvalue weighted by molar-refractivity contribution is -0.384. The zero-order chi connectivity index (χ0) is 18.4. The molecular formula is C18H14N4O2S2. The molecule has 4 rings (SSSR count). The van der Waals surface area contributed by atoms with Crippen LogP contribution in [0, 0.1) is 10.1 Å². The molecular weight excluding hydrogens is 368 g/mol. The fraction of sp³-hybridized carbons (Fsp3) is 0. The first-order valence-corrected chi connectivity index (χ1v) is 9.30. The van der Waals surface area contributed by atoms with Gasteiger partial charge in [0.15, 0.2) is 0 Å². The van der Waals surface area contributed by atoms with Crippen molar-refractivity contribution in [2.24, 2.45) is 0 Å². The van der Waals surface area contributed by atoms with Crippen molar-refractivity contribution in [2.75, 3.05) is 5.73 Å². The Kier molecular flexibility index (Phi) is 5.67. The third kappa shape index (κ3) is 4.11. The van der Waals surface area contributed by atoms with Crippen LogP contribution in [0.3, 0.4) is 0 Å². The van der Waals surface area contributed by atoms with Gasteiger partial charge < -0.3 is 5.73 Å². The number of aromatic nitrogens is 2. The van der Waals surface area contributed by atoms with Crippen molar-refractivity contribution >= 4 is 34.0 Å². The number of nitrogens with two attached hydrogens (primary N) is 1. The predicted molar refractivity (Wildman–Crippen MR) is 106 cm³/mol. The van der Waals surface area contributed by atoms with Gasteiger partial charge in [-0.2, -0.15) is 0 Å². The average molecular weight is 382 g/mol. The lowest BCUT2D eigenvalue weighted by Crippen LogP contribution is -1.90. The zero-order valence-corrected chi connectivity index (χ0v) is 15.1. The smallest absolute Gasteiger partial charge is 0.279 e. The van der Waals surface area contributed by atoms with Crippen molar-refractivity contribution in [3.63, 3.8) is 0 Å². The Morgan fingerprint density at radius 2 is 1.38 bits per heavy atom. The van der Waals surface area contributed by atoms with Gasteiger partial charge in [-0.3, -0.25) is 10.1 Å². The lowest BCUT2D eigenvalue weighted by atomic mass is 10.2. The molecule has 2 aromatic heterocycles. The molecule has 0 radical (unpaired) electrons. The summed E-state index contributed by atoms with van der Waals surface area (Å²) < 4.78 is 0. The van der Waals surface area contributed by atoms with E-state index in [1.807, 2.05) is 29.6 Å². The van der Waals surface area contributed by atoms with E-state index in [0.717, 1.165) is 16.3 Å². The number of nitro groups is 1. The Hall–Kier alpha value is -3.10.